The van der Waals surface area contributed by atoms with Gasteiger partial charge in [-0.3, -0.25) is 4.84 Å². The second-order valence-corrected chi connectivity index (χ2v) is 8.08. The summed E-state index contributed by atoms with van der Waals surface area (Å²) in [6.45, 7) is 3.66. The number of pyridine rings is 1. The van der Waals surface area contributed by atoms with E-state index in [-0.39, 0.29) is 23.7 Å². The summed E-state index contributed by atoms with van der Waals surface area (Å²) in [6, 6.07) is 15.9. The van der Waals surface area contributed by atoms with Gasteiger partial charge >= 0.3 is 6.09 Å². The molecule has 2 saturated heterocycles. The molecule has 0 unspecified atom stereocenters. The number of anilines is 1. The lowest BCUT2D eigenvalue weighted by molar-refractivity contribution is 0.0276. The molecule has 3 heterocycles. The van der Waals surface area contributed by atoms with Crippen molar-refractivity contribution in [2.45, 2.75) is 38.5 Å². The van der Waals surface area contributed by atoms with Crippen molar-refractivity contribution < 1.29 is 14.4 Å². The Morgan fingerprint density at radius 1 is 1.14 bits per heavy atom. The molecule has 29 heavy (non-hydrogen) atoms. The van der Waals surface area contributed by atoms with Crippen LogP contribution in [0.5, 0.6) is 0 Å². The van der Waals surface area contributed by atoms with Crippen LogP contribution in [-0.4, -0.2) is 41.2 Å². The van der Waals surface area contributed by atoms with Crippen LogP contribution in [0, 0.1) is 12.3 Å². The Morgan fingerprint density at radius 2 is 1.93 bits per heavy atom. The second-order valence-electron chi connectivity index (χ2n) is 8.08. The van der Waals surface area contributed by atoms with Crippen LogP contribution in [0.15, 0.2) is 60.7 Å². The zero-order chi connectivity index (χ0) is 19.8. The Kier molecular flexibility index (Phi) is 4.51. The molecule has 2 bridgehead atoms. The van der Waals surface area contributed by atoms with Crippen LogP contribution < -0.4 is 5.06 Å². The van der Waals surface area contributed by atoms with Crippen molar-refractivity contribution in [1.29, 1.82) is 0 Å². The Hall–Kier alpha value is -2.86. The van der Waals surface area contributed by atoms with E-state index in [1.807, 2.05) is 65.4 Å². The largest absolute Gasteiger partial charge is 0.445 e. The van der Waals surface area contributed by atoms with Gasteiger partial charge in [0.2, 0.25) is 0 Å². The number of hydrogen-bond acceptors (Lipinski definition) is 5. The molecule has 2 atom stereocenters. The van der Waals surface area contributed by atoms with E-state index >= 15 is 0 Å². The van der Waals surface area contributed by atoms with Gasteiger partial charge in [0.1, 0.15) is 12.7 Å². The average molecular weight is 391 g/mol. The monoisotopic (exact) mass is 391 g/mol. The summed E-state index contributed by atoms with van der Waals surface area (Å²) in [5.41, 5.74) is 1.98. The quantitative estimate of drug-likeness (QED) is 0.744. The van der Waals surface area contributed by atoms with E-state index in [1.165, 1.54) is 0 Å². The summed E-state index contributed by atoms with van der Waals surface area (Å²) in [6.07, 6.45) is 5.98. The minimum atomic E-state index is -0.236. The van der Waals surface area contributed by atoms with Crippen LogP contribution in [0.1, 0.15) is 24.1 Å². The summed E-state index contributed by atoms with van der Waals surface area (Å²) in [4.78, 5) is 25.2. The molecule has 1 aromatic carbocycles. The van der Waals surface area contributed by atoms with Gasteiger partial charge in [0.25, 0.3) is 0 Å². The second kappa shape index (κ2) is 7.19. The van der Waals surface area contributed by atoms with Gasteiger partial charge in [0.05, 0.1) is 6.04 Å². The minimum absolute atomic E-state index is 0.00162. The van der Waals surface area contributed by atoms with E-state index in [0.717, 1.165) is 29.9 Å². The fourth-order valence-electron chi connectivity index (χ4n) is 4.74. The highest BCUT2D eigenvalue weighted by Crippen LogP contribution is 2.52. The molecule has 1 aromatic heterocycles. The number of hydroxylamine groups is 1. The highest BCUT2D eigenvalue weighted by molar-refractivity contribution is 5.68. The maximum atomic E-state index is 12.5. The zero-order valence-electron chi connectivity index (χ0n) is 16.5. The molecule has 6 nitrogen and oxygen atoms in total. The predicted molar refractivity (Wildman–Crippen MR) is 109 cm³/mol. The number of benzene rings is 1. The van der Waals surface area contributed by atoms with Gasteiger partial charge in [-0.1, -0.05) is 48.6 Å². The maximum absolute atomic E-state index is 12.5. The molecule has 0 radical (unpaired) electrons. The van der Waals surface area contributed by atoms with Crippen molar-refractivity contribution >= 4 is 11.9 Å². The highest BCUT2D eigenvalue weighted by atomic mass is 16.7. The Morgan fingerprint density at radius 3 is 2.69 bits per heavy atom. The van der Waals surface area contributed by atoms with Gasteiger partial charge in [-0.2, -0.15) is 0 Å². The van der Waals surface area contributed by atoms with Crippen LogP contribution in [0.2, 0.25) is 0 Å². The van der Waals surface area contributed by atoms with Crippen LogP contribution >= 0.6 is 0 Å². The topological polar surface area (TPSA) is 54.9 Å². The van der Waals surface area contributed by atoms with Crippen LogP contribution in [-0.2, 0) is 16.2 Å². The van der Waals surface area contributed by atoms with E-state index in [9.17, 15) is 4.79 Å². The van der Waals surface area contributed by atoms with Gasteiger partial charge in [-0.05, 0) is 37.5 Å². The fourth-order valence-corrected chi connectivity index (χ4v) is 4.74. The summed E-state index contributed by atoms with van der Waals surface area (Å²) in [7, 11) is 0. The summed E-state index contributed by atoms with van der Waals surface area (Å²) in [5, 5.41) is 1.96. The predicted octanol–water partition coefficient (Wildman–Crippen LogP) is 3.87. The van der Waals surface area contributed by atoms with E-state index in [2.05, 4.69) is 17.1 Å². The molecule has 1 amide bonds. The minimum Gasteiger partial charge on any atom is -0.445 e. The average Bonchev–Trinajstić information content (AvgIpc) is 3.24. The molecular weight excluding hydrogens is 366 g/mol. The van der Waals surface area contributed by atoms with E-state index in [1.54, 1.807) is 0 Å². The van der Waals surface area contributed by atoms with Crippen LogP contribution in [0.4, 0.5) is 10.6 Å². The van der Waals surface area contributed by atoms with Crippen molar-refractivity contribution in [2.24, 2.45) is 5.41 Å². The third-order valence-electron chi connectivity index (χ3n) is 6.36. The number of hydrogen-bond donors (Lipinski definition) is 0. The normalized spacial score (nSPS) is 24.3. The molecule has 6 heteroatoms. The maximum Gasteiger partial charge on any atom is 0.410 e. The number of aromatic nitrogens is 1. The number of rotatable bonds is 3. The van der Waals surface area contributed by atoms with Crippen molar-refractivity contribution in [3.8, 4) is 0 Å². The molecule has 5 rings (SSSR count). The first kappa shape index (κ1) is 18.2. The summed E-state index contributed by atoms with van der Waals surface area (Å²) < 4.78 is 5.51. The SMILES string of the molecule is Cc1cccc(N2O[C@H]3C=C[C@@H]2C32CCN(C(=O)OCc3ccccc3)CC2)n1. The highest BCUT2D eigenvalue weighted by Gasteiger charge is 2.58. The number of aryl methyl sites for hydroxylation is 1. The molecule has 0 saturated carbocycles. The third-order valence-corrected chi connectivity index (χ3v) is 6.36. The molecular formula is C23H25N3O3. The zero-order valence-corrected chi connectivity index (χ0v) is 16.5. The van der Waals surface area contributed by atoms with E-state index < -0.39 is 0 Å². The number of likely N-dealkylation sites (tertiary alicyclic amines) is 1. The smallest absolute Gasteiger partial charge is 0.410 e. The molecule has 150 valence electrons. The van der Waals surface area contributed by atoms with Gasteiger partial charge in [-0.25, -0.2) is 14.8 Å². The number of piperidine rings is 1. The Labute approximate surface area is 170 Å². The molecule has 2 fully saturated rings. The van der Waals surface area contributed by atoms with E-state index in [0.29, 0.717) is 19.7 Å². The lowest BCUT2D eigenvalue weighted by Crippen LogP contribution is -2.49. The third kappa shape index (κ3) is 3.17. The van der Waals surface area contributed by atoms with Gasteiger partial charge < -0.3 is 9.64 Å². The van der Waals surface area contributed by atoms with Crippen molar-refractivity contribution in [3.63, 3.8) is 0 Å². The van der Waals surface area contributed by atoms with Crippen molar-refractivity contribution in [2.75, 3.05) is 18.2 Å². The molecule has 1 aliphatic carbocycles. The summed E-state index contributed by atoms with van der Waals surface area (Å²) in [5.74, 6) is 0.853. The van der Waals surface area contributed by atoms with Gasteiger partial charge in [-0.15, -0.1) is 0 Å². The molecule has 3 aliphatic rings. The van der Waals surface area contributed by atoms with Crippen LogP contribution in [0.3, 0.4) is 0 Å². The first-order valence-electron chi connectivity index (χ1n) is 10.2. The number of nitrogens with zero attached hydrogens (tertiary/aromatic N) is 3. The number of carbonyl (C=O) groups excluding carboxylic acids is 1. The molecule has 2 aliphatic heterocycles. The molecule has 2 aromatic rings. The Balaban J connectivity index is 1.23. The van der Waals surface area contributed by atoms with Gasteiger partial charge in [0, 0.05) is 24.2 Å². The first-order valence-corrected chi connectivity index (χ1v) is 10.2. The van der Waals surface area contributed by atoms with Gasteiger partial charge in [0.15, 0.2) is 5.82 Å². The standard InChI is InChI=1S/C23H25N3O3/c1-17-6-5-9-21(24-17)26-19-10-11-20(29-26)23(19)12-14-25(15-13-23)22(27)28-16-18-7-3-2-4-8-18/h2-11,19-20H,12-16H2,1H3/t19-,20+/m1/s1. The van der Waals surface area contributed by atoms with Crippen molar-refractivity contribution in [1.82, 2.24) is 9.88 Å². The lowest BCUT2D eigenvalue weighted by atomic mass is 9.72. The first-order chi connectivity index (χ1) is 14.2. The Bertz CT molecular complexity index is 922. The number of ether oxygens (including phenoxy) is 1. The van der Waals surface area contributed by atoms with E-state index in [4.69, 9.17) is 9.57 Å². The fraction of sp³-hybridized carbons (Fsp3) is 0.391. The molecule has 1 spiro atoms. The van der Waals surface area contributed by atoms with Crippen molar-refractivity contribution in [3.05, 3.63) is 71.9 Å². The summed E-state index contributed by atoms with van der Waals surface area (Å²) >= 11 is 0. The lowest BCUT2D eigenvalue weighted by Gasteiger charge is -2.40. The number of carbonyl (C=O) groups is 1. The number of amides is 1. The molecule has 0 N–H and O–H groups in total. The van der Waals surface area contributed by atoms with Crippen LogP contribution in [0.25, 0.3) is 0 Å².